The van der Waals surface area contributed by atoms with E-state index in [2.05, 4.69) is 16.9 Å². The van der Waals surface area contributed by atoms with Crippen LogP contribution < -0.4 is 0 Å². The number of carbonyl (C=O) groups excluding carboxylic acids is 1. The van der Waals surface area contributed by atoms with Gasteiger partial charge in [-0.2, -0.15) is 4.98 Å². The zero-order valence-electron chi connectivity index (χ0n) is 10.3. The van der Waals surface area contributed by atoms with Crippen molar-refractivity contribution in [2.24, 2.45) is 0 Å². The molecular weight excluding hydrogens is 220 g/mol. The second kappa shape index (κ2) is 6.83. The number of rotatable bonds is 6. The summed E-state index contributed by atoms with van der Waals surface area (Å²) in [7, 11) is 0. The summed E-state index contributed by atoms with van der Waals surface area (Å²) in [5.41, 5.74) is 0.0195. The van der Waals surface area contributed by atoms with Crippen LogP contribution in [-0.2, 0) is 11.2 Å². The smallest absolute Gasteiger partial charge is 0.345 e. The van der Waals surface area contributed by atoms with E-state index in [4.69, 9.17) is 4.74 Å². The second-order valence-corrected chi connectivity index (χ2v) is 3.70. The van der Waals surface area contributed by atoms with Crippen molar-refractivity contribution in [2.75, 3.05) is 6.61 Å². The van der Waals surface area contributed by atoms with Crippen molar-refractivity contribution in [3.63, 3.8) is 0 Å². The van der Waals surface area contributed by atoms with Crippen molar-refractivity contribution in [1.82, 2.24) is 9.97 Å². The average Bonchev–Trinajstić information content (AvgIpc) is 2.29. The Bertz CT molecular complexity index is 380. The lowest BCUT2D eigenvalue weighted by Crippen LogP contribution is -2.08. The van der Waals surface area contributed by atoms with Gasteiger partial charge in [0.1, 0.15) is 11.4 Å². The Morgan fingerprint density at radius 2 is 2.18 bits per heavy atom. The SMILES string of the molecule is CCCCCc1ncc(C(=O)OCC)c(O)n1. The molecule has 0 unspecified atom stereocenters. The van der Waals surface area contributed by atoms with Crippen LogP contribution in [0.5, 0.6) is 5.88 Å². The summed E-state index contributed by atoms with van der Waals surface area (Å²) in [6.07, 6.45) is 5.23. The zero-order chi connectivity index (χ0) is 12.7. The van der Waals surface area contributed by atoms with Gasteiger partial charge < -0.3 is 9.84 Å². The van der Waals surface area contributed by atoms with Crippen molar-refractivity contribution in [3.05, 3.63) is 17.6 Å². The fourth-order valence-corrected chi connectivity index (χ4v) is 1.41. The third-order valence-electron chi connectivity index (χ3n) is 2.32. The maximum atomic E-state index is 11.4. The van der Waals surface area contributed by atoms with Crippen LogP contribution in [0.2, 0.25) is 0 Å². The Morgan fingerprint density at radius 1 is 1.41 bits per heavy atom. The molecule has 0 fully saturated rings. The van der Waals surface area contributed by atoms with Crippen molar-refractivity contribution in [2.45, 2.75) is 39.5 Å². The van der Waals surface area contributed by atoms with E-state index in [0.717, 1.165) is 19.3 Å². The van der Waals surface area contributed by atoms with Crippen LogP contribution in [0.3, 0.4) is 0 Å². The number of hydrogen-bond acceptors (Lipinski definition) is 5. The Hall–Kier alpha value is -1.65. The lowest BCUT2D eigenvalue weighted by molar-refractivity contribution is 0.0521. The van der Waals surface area contributed by atoms with Gasteiger partial charge in [-0.1, -0.05) is 19.8 Å². The molecule has 0 bridgehead atoms. The quantitative estimate of drug-likeness (QED) is 0.607. The molecule has 1 aromatic rings. The lowest BCUT2D eigenvalue weighted by atomic mass is 10.2. The van der Waals surface area contributed by atoms with E-state index in [1.165, 1.54) is 6.20 Å². The number of esters is 1. The summed E-state index contributed by atoms with van der Waals surface area (Å²) in [5, 5.41) is 9.59. The molecular formula is C12H18N2O3. The van der Waals surface area contributed by atoms with Crippen LogP contribution in [0.25, 0.3) is 0 Å². The standard InChI is InChI=1S/C12H18N2O3/c1-3-5-6-7-10-13-8-9(11(15)14-10)12(16)17-4-2/h8H,3-7H2,1-2H3,(H,13,14,15). The second-order valence-electron chi connectivity index (χ2n) is 3.70. The van der Waals surface area contributed by atoms with E-state index in [1.54, 1.807) is 6.92 Å². The normalized spacial score (nSPS) is 10.2. The maximum Gasteiger partial charge on any atom is 0.345 e. The molecule has 0 aliphatic rings. The Morgan fingerprint density at radius 3 is 2.76 bits per heavy atom. The molecule has 0 spiro atoms. The minimum Gasteiger partial charge on any atom is -0.493 e. The Labute approximate surface area is 101 Å². The molecule has 1 heterocycles. The number of carbonyl (C=O) groups is 1. The molecule has 0 aliphatic carbocycles. The Kier molecular flexibility index (Phi) is 5.39. The fourth-order valence-electron chi connectivity index (χ4n) is 1.41. The first kappa shape index (κ1) is 13.4. The molecule has 1 rings (SSSR count). The number of aromatic nitrogens is 2. The van der Waals surface area contributed by atoms with Gasteiger partial charge in [0.05, 0.1) is 6.61 Å². The van der Waals surface area contributed by atoms with E-state index in [0.29, 0.717) is 12.2 Å². The van der Waals surface area contributed by atoms with E-state index in [9.17, 15) is 9.90 Å². The first-order valence-corrected chi connectivity index (χ1v) is 5.91. The molecule has 5 nitrogen and oxygen atoms in total. The third-order valence-corrected chi connectivity index (χ3v) is 2.32. The molecule has 17 heavy (non-hydrogen) atoms. The molecule has 5 heteroatoms. The molecule has 0 radical (unpaired) electrons. The number of aromatic hydroxyl groups is 1. The van der Waals surface area contributed by atoms with E-state index >= 15 is 0 Å². The molecule has 0 aliphatic heterocycles. The van der Waals surface area contributed by atoms with Gasteiger partial charge in [0, 0.05) is 12.6 Å². The molecule has 0 aromatic carbocycles. The van der Waals surface area contributed by atoms with Crippen LogP contribution in [0, 0.1) is 0 Å². The van der Waals surface area contributed by atoms with Crippen molar-refractivity contribution < 1.29 is 14.6 Å². The number of aryl methyl sites for hydroxylation is 1. The molecule has 0 atom stereocenters. The number of ether oxygens (including phenoxy) is 1. The topological polar surface area (TPSA) is 72.3 Å². The summed E-state index contributed by atoms with van der Waals surface area (Å²) in [5.74, 6) is -0.334. The van der Waals surface area contributed by atoms with Gasteiger partial charge in [-0.15, -0.1) is 0 Å². The third kappa shape index (κ3) is 4.01. The van der Waals surface area contributed by atoms with Gasteiger partial charge in [0.2, 0.25) is 5.88 Å². The highest BCUT2D eigenvalue weighted by atomic mass is 16.5. The average molecular weight is 238 g/mol. The molecule has 0 saturated carbocycles. The number of unbranched alkanes of at least 4 members (excludes halogenated alkanes) is 2. The Balaban J connectivity index is 2.68. The minimum atomic E-state index is -0.592. The molecule has 1 N–H and O–H groups in total. The van der Waals surface area contributed by atoms with Gasteiger partial charge in [-0.3, -0.25) is 0 Å². The molecule has 0 amide bonds. The number of nitrogens with zero attached hydrogens (tertiary/aromatic N) is 2. The highest BCUT2D eigenvalue weighted by molar-refractivity contribution is 5.91. The van der Waals surface area contributed by atoms with E-state index in [1.807, 2.05) is 0 Å². The molecule has 1 aromatic heterocycles. The van der Waals surface area contributed by atoms with Crippen LogP contribution in [-0.4, -0.2) is 27.7 Å². The van der Waals surface area contributed by atoms with Crippen LogP contribution >= 0.6 is 0 Å². The first-order valence-electron chi connectivity index (χ1n) is 5.91. The van der Waals surface area contributed by atoms with Crippen LogP contribution in [0.4, 0.5) is 0 Å². The van der Waals surface area contributed by atoms with Crippen molar-refractivity contribution in [1.29, 1.82) is 0 Å². The lowest BCUT2D eigenvalue weighted by Gasteiger charge is -2.04. The largest absolute Gasteiger partial charge is 0.493 e. The van der Waals surface area contributed by atoms with Gasteiger partial charge >= 0.3 is 5.97 Å². The van der Waals surface area contributed by atoms with Gasteiger partial charge in [0.25, 0.3) is 0 Å². The highest BCUT2D eigenvalue weighted by Gasteiger charge is 2.14. The number of hydrogen-bond donors (Lipinski definition) is 1. The highest BCUT2D eigenvalue weighted by Crippen LogP contribution is 2.14. The van der Waals surface area contributed by atoms with Crippen molar-refractivity contribution >= 4 is 5.97 Å². The summed E-state index contributed by atoms with van der Waals surface area (Å²) >= 11 is 0. The summed E-state index contributed by atoms with van der Waals surface area (Å²) in [6.45, 7) is 4.08. The molecule has 0 saturated heterocycles. The van der Waals surface area contributed by atoms with Gasteiger partial charge in [0.15, 0.2) is 0 Å². The first-order chi connectivity index (χ1) is 8.19. The van der Waals surface area contributed by atoms with Gasteiger partial charge in [-0.05, 0) is 13.3 Å². The van der Waals surface area contributed by atoms with E-state index in [-0.39, 0.29) is 18.1 Å². The monoisotopic (exact) mass is 238 g/mol. The minimum absolute atomic E-state index is 0.0195. The van der Waals surface area contributed by atoms with Gasteiger partial charge in [-0.25, -0.2) is 9.78 Å². The maximum absolute atomic E-state index is 11.4. The predicted octanol–water partition coefficient (Wildman–Crippen LogP) is 2.09. The predicted molar refractivity (Wildman–Crippen MR) is 62.9 cm³/mol. The van der Waals surface area contributed by atoms with Crippen LogP contribution in [0.1, 0.15) is 49.3 Å². The summed E-state index contributed by atoms with van der Waals surface area (Å²) in [4.78, 5) is 19.3. The van der Waals surface area contributed by atoms with Crippen molar-refractivity contribution in [3.8, 4) is 5.88 Å². The molecule has 94 valence electrons. The zero-order valence-corrected chi connectivity index (χ0v) is 10.3. The summed E-state index contributed by atoms with van der Waals surface area (Å²) < 4.78 is 4.77. The van der Waals surface area contributed by atoms with Crippen LogP contribution in [0.15, 0.2) is 6.20 Å². The van der Waals surface area contributed by atoms with E-state index < -0.39 is 5.97 Å². The fraction of sp³-hybridized carbons (Fsp3) is 0.583. The summed E-state index contributed by atoms with van der Waals surface area (Å²) in [6, 6.07) is 0.